The molecular formula is C20H24N2O3. The van der Waals surface area contributed by atoms with Gasteiger partial charge in [0, 0.05) is 5.69 Å². The van der Waals surface area contributed by atoms with Crippen LogP contribution >= 0.6 is 0 Å². The molecule has 0 spiro atoms. The molecule has 0 fully saturated rings. The fourth-order valence-corrected chi connectivity index (χ4v) is 2.92. The van der Waals surface area contributed by atoms with Crippen molar-refractivity contribution in [1.82, 2.24) is 5.32 Å². The SMILES string of the molecule is Cc1cccc(NC(=O)N[C@@H](c2ccc3c(c2)OCCO3)C(C)C)c1. The van der Waals surface area contributed by atoms with Crippen molar-refractivity contribution >= 4 is 11.7 Å². The van der Waals surface area contributed by atoms with Gasteiger partial charge in [-0.1, -0.05) is 32.0 Å². The normalized spacial score (nSPS) is 14.1. The van der Waals surface area contributed by atoms with E-state index in [0.29, 0.717) is 13.2 Å². The number of aryl methyl sites for hydroxylation is 1. The van der Waals surface area contributed by atoms with E-state index in [1.165, 1.54) is 0 Å². The smallest absolute Gasteiger partial charge is 0.319 e. The second-order valence-corrected chi connectivity index (χ2v) is 6.59. The molecule has 0 unspecified atom stereocenters. The minimum absolute atomic E-state index is 0.124. The molecule has 2 aromatic carbocycles. The van der Waals surface area contributed by atoms with Gasteiger partial charge in [0.25, 0.3) is 0 Å². The summed E-state index contributed by atoms with van der Waals surface area (Å²) in [5.41, 5.74) is 2.88. The van der Waals surface area contributed by atoms with Gasteiger partial charge >= 0.3 is 6.03 Å². The minimum atomic E-state index is -0.223. The summed E-state index contributed by atoms with van der Waals surface area (Å²) < 4.78 is 11.2. The summed E-state index contributed by atoms with van der Waals surface area (Å²) >= 11 is 0. The Labute approximate surface area is 148 Å². The van der Waals surface area contributed by atoms with Gasteiger partial charge in [-0.3, -0.25) is 0 Å². The first kappa shape index (κ1) is 17.1. The second kappa shape index (κ2) is 7.47. The lowest BCUT2D eigenvalue weighted by Crippen LogP contribution is -2.35. The quantitative estimate of drug-likeness (QED) is 0.873. The Morgan fingerprint density at radius 1 is 1.04 bits per heavy atom. The fraction of sp³-hybridized carbons (Fsp3) is 0.350. The van der Waals surface area contributed by atoms with Crippen LogP contribution in [0.25, 0.3) is 0 Å². The van der Waals surface area contributed by atoms with Gasteiger partial charge < -0.3 is 20.1 Å². The maximum atomic E-state index is 12.4. The van der Waals surface area contributed by atoms with E-state index in [-0.39, 0.29) is 18.0 Å². The number of carbonyl (C=O) groups is 1. The monoisotopic (exact) mass is 340 g/mol. The Morgan fingerprint density at radius 3 is 2.52 bits per heavy atom. The number of amides is 2. The van der Waals surface area contributed by atoms with E-state index in [1.807, 2.05) is 49.4 Å². The molecule has 0 aromatic heterocycles. The maximum absolute atomic E-state index is 12.4. The predicted octanol–water partition coefficient (Wildman–Crippen LogP) is 4.29. The zero-order chi connectivity index (χ0) is 17.8. The first-order valence-corrected chi connectivity index (χ1v) is 8.56. The zero-order valence-electron chi connectivity index (χ0n) is 14.8. The van der Waals surface area contributed by atoms with Crippen LogP contribution in [0.15, 0.2) is 42.5 Å². The van der Waals surface area contributed by atoms with Crippen molar-refractivity contribution in [2.24, 2.45) is 5.92 Å². The summed E-state index contributed by atoms with van der Waals surface area (Å²) in [7, 11) is 0. The topological polar surface area (TPSA) is 59.6 Å². The largest absolute Gasteiger partial charge is 0.486 e. The molecule has 5 nitrogen and oxygen atoms in total. The summed E-state index contributed by atoms with van der Waals surface area (Å²) in [5, 5.41) is 5.96. The Morgan fingerprint density at radius 2 is 1.80 bits per heavy atom. The third kappa shape index (κ3) is 4.24. The highest BCUT2D eigenvalue weighted by molar-refractivity contribution is 5.89. The van der Waals surface area contributed by atoms with E-state index in [4.69, 9.17) is 9.47 Å². The lowest BCUT2D eigenvalue weighted by atomic mass is 9.95. The van der Waals surface area contributed by atoms with Crippen molar-refractivity contribution in [3.63, 3.8) is 0 Å². The Balaban J connectivity index is 1.74. The number of benzene rings is 2. The molecule has 2 amide bonds. The summed E-state index contributed by atoms with van der Waals surface area (Å²) in [5.74, 6) is 1.71. The highest BCUT2D eigenvalue weighted by Gasteiger charge is 2.21. The molecule has 2 aromatic rings. The van der Waals surface area contributed by atoms with E-state index < -0.39 is 0 Å². The lowest BCUT2D eigenvalue weighted by Gasteiger charge is -2.25. The van der Waals surface area contributed by atoms with Crippen molar-refractivity contribution in [3.05, 3.63) is 53.6 Å². The van der Waals surface area contributed by atoms with Gasteiger partial charge in [-0.2, -0.15) is 0 Å². The standard InChI is InChI=1S/C20H24N2O3/c1-13(2)19(15-7-8-17-18(12-15)25-10-9-24-17)22-20(23)21-16-6-4-5-14(3)11-16/h4-8,11-13,19H,9-10H2,1-3H3,(H2,21,22,23)/t19-/m1/s1. The number of nitrogens with one attached hydrogen (secondary N) is 2. The first-order valence-electron chi connectivity index (χ1n) is 8.56. The summed E-state index contributed by atoms with van der Waals surface area (Å²) in [6.07, 6.45) is 0. The van der Waals surface area contributed by atoms with Gasteiger partial charge in [-0.05, 0) is 48.2 Å². The van der Waals surface area contributed by atoms with Gasteiger partial charge in [0.15, 0.2) is 11.5 Å². The number of ether oxygens (including phenoxy) is 2. The van der Waals surface area contributed by atoms with Crippen LogP contribution in [0.4, 0.5) is 10.5 Å². The molecule has 132 valence electrons. The number of hydrogen-bond acceptors (Lipinski definition) is 3. The Bertz CT molecular complexity index is 758. The molecule has 1 heterocycles. The van der Waals surface area contributed by atoms with Gasteiger partial charge in [0.05, 0.1) is 6.04 Å². The molecule has 0 bridgehead atoms. The van der Waals surface area contributed by atoms with Crippen LogP contribution in [0.5, 0.6) is 11.5 Å². The highest BCUT2D eigenvalue weighted by atomic mass is 16.6. The third-order valence-electron chi connectivity index (χ3n) is 4.15. The van der Waals surface area contributed by atoms with Crippen LogP contribution in [-0.2, 0) is 0 Å². The number of hydrogen-bond donors (Lipinski definition) is 2. The van der Waals surface area contributed by atoms with Crippen molar-refractivity contribution < 1.29 is 14.3 Å². The van der Waals surface area contributed by atoms with Gasteiger partial charge in [0.1, 0.15) is 13.2 Å². The molecule has 3 rings (SSSR count). The number of fused-ring (bicyclic) bond motifs is 1. The molecule has 0 saturated carbocycles. The van der Waals surface area contributed by atoms with E-state index in [9.17, 15) is 4.79 Å². The predicted molar refractivity (Wildman–Crippen MR) is 98.3 cm³/mol. The summed E-state index contributed by atoms with van der Waals surface area (Å²) in [6, 6.07) is 13.2. The summed E-state index contributed by atoms with van der Waals surface area (Å²) in [4.78, 5) is 12.4. The van der Waals surface area contributed by atoms with Crippen molar-refractivity contribution in [2.75, 3.05) is 18.5 Å². The lowest BCUT2D eigenvalue weighted by molar-refractivity contribution is 0.171. The van der Waals surface area contributed by atoms with Crippen molar-refractivity contribution in [1.29, 1.82) is 0 Å². The van der Waals surface area contributed by atoms with Crippen LogP contribution < -0.4 is 20.1 Å². The number of carbonyl (C=O) groups excluding carboxylic acids is 1. The molecule has 25 heavy (non-hydrogen) atoms. The Hall–Kier alpha value is -2.69. The van der Waals surface area contributed by atoms with Crippen molar-refractivity contribution in [2.45, 2.75) is 26.8 Å². The van der Waals surface area contributed by atoms with Crippen LogP contribution in [0.3, 0.4) is 0 Å². The fourth-order valence-electron chi connectivity index (χ4n) is 2.92. The summed E-state index contributed by atoms with van der Waals surface area (Å²) in [6.45, 7) is 7.26. The highest BCUT2D eigenvalue weighted by Crippen LogP contribution is 2.34. The average Bonchev–Trinajstić information content (AvgIpc) is 2.59. The van der Waals surface area contributed by atoms with Crippen LogP contribution in [0.1, 0.15) is 31.0 Å². The molecule has 1 aliphatic rings. The third-order valence-corrected chi connectivity index (χ3v) is 4.15. The molecule has 2 N–H and O–H groups in total. The van der Waals surface area contributed by atoms with Gasteiger partial charge in [-0.25, -0.2) is 4.79 Å². The van der Waals surface area contributed by atoms with Crippen LogP contribution in [0.2, 0.25) is 0 Å². The molecule has 1 atom stereocenters. The molecule has 5 heteroatoms. The van der Waals surface area contributed by atoms with Crippen molar-refractivity contribution in [3.8, 4) is 11.5 Å². The van der Waals surface area contributed by atoms with E-state index in [1.54, 1.807) is 0 Å². The number of anilines is 1. The Kier molecular flexibility index (Phi) is 5.12. The minimum Gasteiger partial charge on any atom is -0.486 e. The van der Waals surface area contributed by atoms with E-state index in [0.717, 1.165) is 28.3 Å². The average molecular weight is 340 g/mol. The second-order valence-electron chi connectivity index (χ2n) is 6.59. The number of rotatable bonds is 4. The molecule has 0 aliphatic carbocycles. The van der Waals surface area contributed by atoms with E-state index >= 15 is 0 Å². The first-order chi connectivity index (χ1) is 12.0. The van der Waals surface area contributed by atoms with Crippen LogP contribution in [-0.4, -0.2) is 19.2 Å². The molecule has 0 radical (unpaired) electrons. The molecular weight excluding hydrogens is 316 g/mol. The molecule has 1 aliphatic heterocycles. The molecule has 0 saturated heterocycles. The van der Waals surface area contributed by atoms with Crippen LogP contribution in [0, 0.1) is 12.8 Å². The zero-order valence-corrected chi connectivity index (χ0v) is 14.8. The maximum Gasteiger partial charge on any atom is 0.319 e. The van der Waals surface area contributed by atoms with Gasteiger partial charge in [0.2, 0.25) is 0 Å². The van der Waals surface area contributed by atoms with E-state index in [2.05, 4.69) is 24.5 Å². The number of urea groups is 1. The van der Waals surface area contributed by atoms with Gasteiger partial charge in [-0.15, -0.1) is 0 Å².